The smallest absolute Gasteiger partial charge is 0.226 e. The molecule has 0 saturated carbocycles. The predicted molar refractivity (Wildman–Crippen MR) is 92.8 cm³/mol. The Balaban J connectivity index is 1.47. The quantitative estimate of drug-likeness (QED) is 0.906. The molecule has 2 aromatic rings. The fourth-order valence-corrected chi connectivity index (χ4v) is 4.45. The Morgan fingerprint density at radius 2 is 2.42 bits per heavy atom. The molecule has 0 bridgehead atoms. The van der Waals surface area contributed by atoms with Gasteiger partial charge in [0.25, 0.3) is 0 Å². The van der Waals surface area contributed by atoms with Crippen molar-refractivity contribution in [3.8, 4) is 0 Å². The Labute approximate surface area is 146 Å². The Hall–Kier alpha value is -1.66. The van der Waals surface area contributed by atoms with Crippen LogP contribution in [0.3, 0.4) is 0 Å². The number of aromatic amines is 1. The van der Waals surface area contributed by atoms with Gasteiger partial charge in [0.15, 0.2) is 0 Å². The van der Waals surface area contributed by atoms with Crippen LogP contribution in [0.15, 0.2) is 23.7 Å². The zero-order valence-electron chi connectivity index (χ0n) is 13.7. The number of hydrogen-bond donors (Lipinski definition) is 1. The summed E-state index contributed by atoms with van der Waals surface area (Å²) in [6.45, 7) is 2.23. The lowest BCUT2D eigenvalue weighted by Gasteiger charge is -2.30. The molecule has 1 fully saturated rings. The molecule has 2 aromatic heterocycles. The SMILES string of the molecule is O=C([C@@H]1CCc2cn[nH]c2C1)N(Cc1cccs1)C[C@H]1CCCO1. The predicted octanol–water partition coefficient (Wildman–Crippen LogP) is 2.78. The van der Waals surface area contributed by atoms with Crippen molar-refractivity contribution in [3.63, 3.8) is 0 Å². The third-order valence-corrected chi connectivity index (χ3v) is 5.92. The highest BCUT2D eigenvalue weighted by molar-refractivity contribution is 7.09. The third kappa shape index (κ3) is 3.39. The number of ether oxygens (including phenoxy) is 1. The number of rotatable bonds is 5. The molecule has 24 heavy (non-hydrogen) atoms. The maximum absolute atomic E-state index is 13.2. The van der Waals surface area contributed by atoms with Gasteiger partial charge in [0.1, 0.15) is 0 Å². The van der Waals surface area contributed by atoms with Gasteiger partial charge in [-0.2, -0.15) is 5.10 Å². The van der Waals surface area contributed by atoms with Crippen molar-refractivity contribution in [2.75, 3.05) is 13.2 Å². The topological polar surface area (TPSA) is 58.2 Å². The van der Waals surface area contributed by atoms with Crippen LogP contribution in [0.2, 0.25) is 0 Å². The molecule has 2 aliphatic rings. The number of H-pyrrole nitrogens is 1. The largest absolute Gasteiger partial charge is 0.376 e. The van der Waals surface area contributed by atoms with Crippen LogP contribution in [-0.4, -0.2) is 40.3 Å². The zero-order chi connectivity index (χ0) is 16.4. The fraction of sp³-hybridized carbons (Fsp3) is 0.556. The van der Waals surface area contributed by atoms with Crippen molar-refractivity contribution in [3.05, 3.63) is 39.8 Å². The van der Waals surface area contributed by atoms with Gasteiger partial charge < -0.3 is 9.64 Å². The van der Waals surface area contributed by atoms with E-state index in [2.05, 4.69) is 21.6 Å². The maximum atomic E-state index is 13.2. The number of amides is 1. The first-order chi connectivity index (χ1) is 11.8. The van der Waals surface area contributed by atoms with Gasteiger partial charge in [-0.25, -0.2) is 0 Å². The standard InChI is InChI=1S/C18H23N3O2S/c22-18(13-5-6-14-10-19-20-17(14)9-13)21(11-15-3-1-7-23-15)12-16-4-2-8-24-16/h2,4,8,10,13,15H,1,3,5-7,9,11-12H2,(H,19,20)/t13-,15-/m1/s1. The van der Waals surface area contributed by atoms with Crippen molar-refractivity contribution in [1.29, 1.82) is 0 Å². The molecule has 0 unspecified atom stereocenters. The molecule has 3 heterocycles. The highest BCUT2D eigenvalue weighted by Gasteiger charge is 2.31. The number of carbonyl (C=O) groups is 1. The van der Waals surface area contributed by atoms with E-state index in [9.17, 15) is 4.79 Å². The first-order valence-electron chi connectivity index (χ1n) is 8.73. The molecule has 2 atom stereocenters. The number of nitrogens with one attached hydrogen (secondary N) is 1. The molecule has 0 radical (unpaired) electrons. The summed E-state index contributed by atoms with van der Waals surface area (Å²) in [6, 6.07) is 4.15. The third-order valence-electron chi connectivity index (χ3n) is 5.06. The average Bonchev–Trinajstić information content (AvgIpc) is 3.35. The highest BCUT2D eigenvalue weighted by Crippen LogP contribution is 2.27. The molecule has 4 rings (SSSR count). The van der Waals surface area contributed by atoms with E-state index in [1.165, 1.54) is 10.4 Å². The summed E-state index contributed by atoms with van der Waals surface area (Å²) < 4.78 is 5.78. The highest BCUT2D eigenvalue weighted by atomic mass is 32.1. The Kier molecular flexibility index (Phi) is 4.67. The van der Waals surface area contributed by atoms with E-state index in [-0.39, 0.29) is 17.9 Å². The molecule has 5 nitrogen and oxygen atoms in total. The minimum absolute atomic E-state index is 0.0549. The molecular formula is C18H23N3O2S. The second-order valence-electron chi connectivity index (χ2n) is 6.75. The van der Waals surface area contributed by atoms with Crippen LogP contribution in [0.5, 0.6) is 0 Å². The van der Waals surface area contributed by atoms with E-state index in [4.69, 9.17) is 4.74 Å². The Morgan fingerprint density at radius 3 is 3.21 bits per heavy atom. The lowest BCUT2D eigenvalue weighted by Crippen LogP contribution is -2.41. The summed E-state index contributed by atoms with van der Waals surface area (Å²) in [6.07, 6.45) is 6.88. The minimum Gasteiger partial charge on any atom is -0.376 e. The molecular weight excluding hydrogens is 322 g/mol. The molecule has 1 N–H and O–H groups in total. The van der Waals surface area contributed by atoms with E-state index in [0.29, 0.717) is 13.1 Å². The van der Waals surface area contributed by atoms with Gasteiger partial charge >= 0.3 is 0 Å². The summed E-state index contributed by atoms with van der Waals surface area (Å²) in [4.78, 5) is 16.4. The second-order valence-corrected chi connectivity index (χ2v) is 7.78. The Bertz CT molecular complexity index is 676. The molecule has 128 valence electrons. The van der Waals surface area contributed by atoms with E-state index < -0.39 is 0 Å². The molecule has 0 aromatic carbocycles. The molecule has 6 heteroatoms. The van der Waals surface area contributed by atoms with Crippen LogP contribution in [-0.2, 0) is 28.9 Å². The van der Waals surface area contributed by atoms with E-state index >= 15 is 0 Å². The number of carbonyl (C=O) groups excluding carboxylic acids is 1. The first kappa shape index (κ1) is 15.8. The number of thiophene rings is 1. The van der Waals surface area contributed by atoms with Crippen LogP contribution >= 0.6 is 11.3 Å². The molecule has 1 aliphatic heterocycles. The van der Waals surface area contributed by atoms with Crippen LogP contribution < -0.4 is 0 Å². The van der Waals surface area contributed by atoms with Gasteiger partial charge in [-0.3, -0.25) is 9.89 Å². The Morgan fingerprint density at radius 1 is 1.46 bits per heavy atom. The van der Waals surface area contributed by atoms with Gasteiger partial charge in [0.2, 0.25) is 5.91 Å². The summed E-state index contributed by atoms with van der Waals surface area (Å²) in [7, 11) is 0. The summed E-state index contributed by atoms with van der Waals surface area (Å²) in [5.41, 5.74) is 2.40. The summed E-state index contributed by atoms with van der Waals surface area (Å²) >= 11 is 1.71. The van der Waals surface area contributed by atoms with Crippen molar-refractivity contribution in [2.24, 2.45) is 5.92 Å². The van der Waals surface area contributed by atoms with Crippen molar-refractivity contribution < 1.29 is 9.53 Å². The monoisotopic (exact) mass is 345 g/mol. The number of aryl methyl sites for hydroxylation is 1. The van der Waals surface area contributed by atoms with Crippen molar-refractivity contribution >= 4 is 17.2 Å². The van der Waals surface area contributed by atoms with Crippen LogP contribution in [0.1, 0.15) is 35.4 Å². The van der Waals surface area contributed by atoms with Gasteiger partial charge in [0, 0.05) is 36.1 Å². The van der Waals surface area contributed by atoms with E-state index in [0.717, 1.165) is 44.4 Å². The van der Waals surface area contributed by atoms with Crippen molar-refractivity contribution in [2.45, 2.75) is 44.8 Å². The van der Waals surface area contributed by atoms with Crippen LogP contribution in [0.25, 0.3) is 0 Å². The average molecular weight is 345 g/mol. The summed E-state index contributed by atoms with van der Waals surface area (Å²) in [5.74, 6) is 0.318. The molecule has 1 amide bonds. The molecule has 0 spiro atoms. The molecule has 1 saturated heterocycles. The molecule has 1 aliphatic carbocycles. The fourth-order valence-electron chi connectivity index (χ4n) is 3.73. The van der Waals surface area contributed by atoms with Crippen molar-refractivity contribution in [1.82, 2.24) is 15.1 Å². The summed E-state index contributed by atoms with van der Waals surface area (Å²) in [5, 5.41) is 9.25. The van der Waals surface area contributed by atoms with E-state index in [1.807, 2.05) is 17.2 Å². The number of hydrogen-bond acceptors (Lipinski definition) is 4. The maximum Gasteiger partial charge on any atom is 0.226 e. The number of fused-ring (bicyclic) bond motifs is 1. The normalized spacial score (nSPS) is 23.2. The van der Waals surface area contributed by atoms with Gasteiger partial charge in [-0.15, -0.1) is 11.3 Å². The van der Waals surface area contributed by atoms with Gasteiger partial charge in [0.05, 0.1) is 18.8 Å². The van der Waals surface area contributed by atoms with Gasteiger partial charge in [-0.05, 0) is 42.7 Å². The van der Waals surface area contributed by atoms with E-state index in [1.54, 1.807) is 11.3 Å². The lowest BCUT2D eigenvalue weighted by molar-refractivity contribution is -0.138. The second kappa shape index (κ2) is 7.07. The number of nitrogens with zero attached hydrogens (tertiary/aromatic N) is 2. The lowest BCUT2D eigenvalue weighted by atomic mass is 9.87. The minimum atomic E-state index is 0.0549. The van der Waals surface area contributed by atoms with Gasteiger partial charge in [-0.1, -0.05) is 6.07 Å². The van der Waals surface area contributed by atoms with Crippen LogP contribution in [0, 0.1) is 5.92 Å². The zero-order valence-corrected chi connectivity index (χ0v) is 14.6. The first-order valence-corrected chi connectivity index (χ1v) is 9.61. The van der Waals surface area contributed by atoms with Crippen LogP contribution in [0.4, 0.5) is 0 Å². The number of aromatic nitrogens is 2.